The lowest BCUT2D eigenvalue weighted by Crippen LogP contribution is -2.38. The Bertz CT molecular complexity index is 265. The summed E-state index contributed by atoms with van der Waals surface area (Å²) >= 11 is 3.28. The lowest BCUT2D eigenvalue weighted by atomic mass is 10.1. The fourth-order valence-corrected chi connectivity index (χ4v) is 2.05. The van der Waals surface area contributed by atoms with Gasteiger partial charge >= 0.3 is 0 Å². The third-order valence-electron chi connectivity index (χ3n) is 2.99. The third-order valence-corrected chi connectivity index (χ3v) is 4.05. The van der Waals surface area contributed by atoms with Gasteiger partial charge in [0.2, 0.25) is 11.8 Å². The van der Waals surface area contributed by atoms with Gasteiger partial charge in [0.15, 0.2) is 0 Å². The minimum atomic E-state index is -0.146. The van der Waals surface area contributed by atoms with Gasteiger partial charge < -0.3 is 10.2 Å². The van der Waals surface area contributed by atoms with Crippen LogP contribution in [-0.2, 0) is 9.59 Å². The zero-order chi connectivity index (χ0) is 12.7. The summed E-state index contributed by atoms with van der Waals surface area (Å²) in [5.74, 6) is 0.131. The highest BCUT2D eigenvalue weighted by Gasteiger charge is 2.17. The molecular formula is C12H21BrN2O2. The molecule has 1 aliphatic rings. The molecule has 0 bridgehead atoms. The Balaban J connectivity index is 2.17. The standard InChI is InChI=1S/C12H21BrN2O2/c1-2-10(13)12(17)14-7-6-11(16)15-8-4-3-5-9-15/h10H,2-9H2,1H3,(H,14,17). The van der Waals surface area contributed by atoms with Crippen molar-refractivity contribution >= 4 is 27.7 Å². The molecule has 2 amide bonds. The molecular weight excluding hydrogens is 284 g/mol. The van der Waals surface area contributed by atoms with Gasteiger partial charge in [-0.25, -0.2) is 0 Å². The molecule has 1 rings (SSSR count). The van der Waals surface area contributed by atoms with E-state index in [4.69, 9.17) is 0 Å². The smallest absolute Gasteiger partial charge is 0.233 e. The average Bonchev–Trinajstić information content (AvgIpc) is 2.38. The molecule has 1 fully saturated rings. The summed E-state index contributed by atoms with van der Waals surface area (Å²) in [7, 11) is 0. The minimum absolute atomic E-state index is 0.0288. The van der Waals surface area contributed by atoms with Crippen LogP contribution in [-0.4, -0.2) is 41.2 Å². The maximum Gasteiger partial charge on any atom is 0.233 e. The zero-order valence-corrected chi connectivity index (χ0v) is 12.0. The van der Waals surface area contributed by atoms with Crippen molar-refractivity contribution in [1.29, 1.82) is 0 Å². The number of amides is 2. The van der Waals surface area contributed by atoms with Crippen LogP contribution in [0.25, 0.3) is 0 Å². The first kappa shape index (κ1) is 14.5. The van der Waals surface area contributed by atoms with Crippen LogP contribution < -0.4 is 5.32 Å². The molecule has 4 nitrogen and oxygen atoms in total. The number of rotatable bonds is 5. The molecule has 0 aromatic heterocycles. The SMILES string of the molecule is CCC(Br)C(=O)NCCC(=O)N1CCCCC1. The molecule has 1 atom stereocenters. The topological polar surface area (TPSA) is 49.4 Å². The van der Waals surface area contributed by atoms with E-state index >= 15 is 0 Å². The summed E-state index contributed by atoms with van der Waals surface area (Å²) in [4.78, 5) is 25.0. The van der Waals surface area contributed by atoms with Crippen LogP contribution in [0.3, 0.4) is 0 Å². The molecule has 0 aliphatic carbocycles. The van der Waals surface area contributed by atoms with E-state index in [2.05, 4.69) is 21.2 Å². The van der Waals surface area contributed by atoms with Crippen molar-refractivity contribution in [3.63, 3.8) is 0 Å². The molecule has 0 radical (unpaired) electrons. The number of hydrogen-bond acceptors (Lipinski definition) is 2. The summed E-state index contributed by atoms with van der Waals surface area (Å²) in [5.41, 5.74) is 0. The number of carbonyl (C=O) groups is 2. The maximum atomic E-state index is 11.8. The Morgan fingerprint density at radius 3 is 2.53 bits per heavy atom. The fraction of sp³-hybridized carbons (Fsp3) is 0.833. The maximum absolute atomic E-state index is 11.8. The third kappa shape index (κ3) is 5.06. The van der Waals surface area contributed by atoms with Gasteiger partial charge in [0.25, 0.3) is 0 Å². The first-order valence-corrected chi connectivity index (χ1v) is 7.26. The van der Waals surface area contributed by atoms with Gasteiger partial charge in [0.1, 0.15) is 0 Å². The van der Waals surface area contributed by atoms with E-state index in [-0.39, 0.29) is 16.6 Å². The second kappa shape index (κ2) is 7.69. The molecule has 0 saturated carbocycles. The van der Waals surface area contributed by atoms with Crippen molar-refractivity contribution in [2.75, 3.05) is 19.6 Å². The molecule has 0 spiro atoms. The van der Waals surface area contributed by atoms with E-state index in [1.54, 1.807) is 0 Å². The monoisotopic (exact) mass is 304 g/mol. The quantitative estimate of drug-likeness (QED) is 0.786. The van der Waals surface area contributed by atoms with Crippen LogP contribution in [0.15, 0.2) is 0 Å². The number of alkyl halides is 1. The van der Waals surface area contributed by atoms with Crippen molar-refractivity contribution in [2.45, 2.75) is 43.9 Å². The Morgan fingerprint density at radius 1 is 1.29 bits per heavy atom. The van der Waals surface area contributed by atoms with Gasteiger partial charge in [-0.3, -0.25) is 9.59 Å². The molecule has 0 aromatic carbocycles. The predicted molar refractivity (Wildman–Crippen MR) is 71.1 cm³/mol. The van der Waals surface area contributed by atoms with Gasteiger partial charge in [-0.1, -0.05) is 22.9 Å². The van der Waals surface area contributed by atoms with E-state index in [1.807, 2.05) is 11.8 Å². The largest absolute Gasteiger partial charge is 0.355 e. The molecule has 0 aromatic rings. The van der Waals surface area contributed by atoms with Crippen molar-refractivity contribution < 1.29 is 9.59 Å². The van der Waals surface area contributed by atoms with Crippen molar-refractivity contribution in [3.05, 3.63) is 0 Å². The van der Waals surface area contributed by atoms with Crippen molar-refractivity contribution in [2.24, 2.45) is 0 Å². The number of nitrogens with one attached hydrogen (secondary N) is 1. The van der Waals surface area contributed by atoms with Crippen LogP contribution >= 0.6 is 15.9 Å². The predicted octanol–water partition coefficient (Wildman–Crippen LogP) is 1.68. The van der Waals surface area contributed by atoms with Gasteiger partial charge in [-0.15, -0.1) is 0 Å². The summed E-state index contributed by atoms with van der Waals surface area (Å²) in [6, 6.07) is 0. The highest BCUT2D eigenvalue weighted by atomic mass is 79.9. The van der Waals surface area contributed by atoms with Crippen LogP contribution in [0.2, 0.25) is 0 Å². The van der Waals surface area contributed by atoms with Gasteiger partial charge in [-0.2, -0.15) is 0 Å². The number of piperidine rings is 1. The molecule has 1 aliphatic heterocycles. The fourth-order valence-electron chi connectivity index (χ4n) is 1.89. The zero-order valence-electron chi connectivity index (χ0n) is 10.4. The van der Waals surface area contributed by atoms with E-state index in [9.17, 15) is 9.59 Å². The lowest BCUT2D eigenvalue weighted by Gasteiger charge is -2.26. The lowest BCUT2D eigenvalue weighted by molar-refractivity contribution is -0.132. The first-order chi connectivity index (χ1) is 8.15. The second-order valence-corrected chi connectivity index (χ2v) is 5.46. The number of hydrogen-bond donors (Lipinski definition) is 1. The Morgan fingerprint density at radius 2 is 1.94 bits per heavy atom. The second-order valence-electron chi connectivity index (χ2n) is 4.36. The Labute approximate surface area is 111 Å². The normalized spacial score (nSPS) is 17.6. The molecule has 1 heterocycles. The van der Waals surface area contributed by atoms with Crippen molar-refractivity contribution in [3.8, 4) is 0 Å². The van der Waals surface area contributed by atoms with Crippen LogP contribution in [0.1, 0.15) is 39.0 Å². The summed E-state index contributed by atoms with van der Waals surface area (Å²) in [6.07, 6.45) is 4.61. The van der Waals surface area contributed by atoms with Gasteiger partial charge in [0, 0.05) is 26.1 Å². The van der Waals surface area contributed by atoms with E-state index in [0.717, 1.165) is 32.4 Å². The Kier molecular flexibility index (Phi) is 6.55. The highest BCUT2D eigenvalue weighted by Crippen LogP contribution is 2.09. The molecule has 98 valence electrons. The van der Waals surface area contributed by atoms with Crippen LogP contribution in [0.5, 0.6) is 0 Å². The summed E-state index contributed by atoms with van der Waals surface area (Å²) in [6.45, 7) is 4.14. The van der Waals surface area contributed by atoms with Crippen LogP contribution in [0, 0.1) is 0 Å². The highest BCUT2D eigenvalue weighted by molar-refractivity contribution is 9.10. The minimum Gasteiger partial charge on any atom is -0.355 e. The summed E-state index contributed by atoms with van der Waals surface area (Å²) in [5, 5.41) is 2.77. The molecule has 1 N–H and O–H groups in total. The number of nitrogens with zero attached hydrogens (tertiary/aromatic N) is 1. The van der Waals surface area contributed by atoms with E-state index in [1.165, 1.54) is 6.42 Å². The van der Waals surface area contributed by atoms with Crippen LogP contribution in [0.4, 0.5) is 0 Å². The number of halogens is 1. The molecule has 1 saturated heterocycles. The van der Waals surface area contributed by atoms with Gasteiger partial charge in [0.05, 0.1) is 4.83 Å². The van der Waals surface area contributed by atoms with Crippen molar-refractivity contribution in [1.82, 2.24) is 10.2 Å². The van der Waals surface area contributed by atoms with E-state index in [0.29, 0.717) is 13.0 Å². The number of likely N-dealkylation sites (tertiary alicyclic amines) is 1. The first-order valence-electron chi connectivity index (χ1n) is 6.34. The van der Waals surface area contributed by atoms with E-state index < -0.39 is 0 Å². The Hall–Kier alpha value is -0.580. The molecule has 1 unspecified atom stereocenters. The number of carbonyl (C=O) groups excluding carboxylic acids is 2. The molecule has 17 heavy (non-hydrogen) atoms. The molecule has 5 heteroatoms. The summed E-state index contributed by atoms with van der Waals surface area (Å²) < 4.78 is 0. The average molecular weight is 305 g/mol. The van der Waals surface area contributed by atoms with Gasteiger partial charge in [-0.05, 0) is 25.7 Å².